The lowest BCUT2D eigenvalue weighted by atomic mass is 9.94. The molecule has 5 nitrogen and oxygen atoms in total. The molecule has 0 saturated carbocycles. The maximum Gasteiger partial charge on any atom is 0.248 e. The number of benzene rings is 9. The second-order valence-corrected chi connectivity index (χ2v) is 15.5. The quantitative estimate of drug-likeness (QED) is 0.145. The highest BCUT2D eigenvalue weighted by Crippen LogP contribution is 2.40. The van der Waals surface area contributed by atoms with Gasteiger partial charge in [-0.1, -0.05) is 206 Å². The zero-order valence-corrected chi connectivity index (χ0v) is 34.1. The minimum absolute atomic E-state index is 0.484. The van der Waals surface area contributed by atoms with E-state index in [4.69, 9.17) is 14.4 Å². The van der Waals surface area contributed by atoms with E-state index in [2.05, 4.69) is 180 Å². The molecule has 0 atom stereocenters. The molecular weight excluding hydrogens is 769 g/mol. The van der Waals surface area contributed by atoms with E-state index in [9.17, 15) is 0 Å². The van der Waals surface area contributed by atoms with E-state index in [-0.39, 0.29) is 0 Å². The van der Waals surface area contributed by atoms with E-state index in [0.717, 1.165) is 78.1 Å². The van der Waals surface area contributed by atoms with Gasteiger partial charge < -0.3 is 4.42 Å². The molecule has 0 radical (unpaired) electrons. The van der Waals surface area contributed by atoms with Crippen LogP contribution < -0.4 is 0 Å². The lowest BCUT2D eigenvalue weighted by Crippen LogP contribution is -1.99. The maximum absolute atomic E-state index is 6.02. The van der Waals surface area contributed by atoms with Crippen LogP contribution in [-0.4, -0.2) is 20.2 Å². The third kappa shape index (κ3) is 7.49. The third-order valence-corrected chi connectivity index (χ3v) is 11.5. The Morgan fingerprint density at radius 1 is 0.222 bits per heavy atom. The molecule has 296 valence electrons. The first kappa shape index (κ1) is 37.5. The first-order chi connectivity index (χ1) is 31.2. The van der Waals surface area contributed by atoms with Crippen LogP contribution in [0.25, 0.3) is 112 Å². The Kier molecular flexibility index (Phi) is 9.80. The van der Waals surface area contributed by atoms with Crippen molar-refractivity contribution >= 4 is 11.0 Å². The minimum atomic E-state index is 0.484. The second kappa shape index (κ2) is 16.5. The molecule has 5 heteroatoms. The normalized spacial score (nSPS) is 11.2. The van der Waals surface area contributed by atoms with Crippen LogP contribution in [0, 0.1) is 0 Å². The first-order valence-corrected chi connectivity index (χ1v) is 21.0. The predicted octanol–water partition coefficient (Wildman–Crippen LogP) is 15.0. The van der Waals surface area contributed by atoms with E-state index < -0.39 is 0 Å². The SMILES string of the molecule is c1ccc(-c2ccc(-c3ccc(-c4ccc(-c5ccccc5)cc4)c4nc(-c5ccc(-c6ccc(-c7nnc(-c8ccccc8)o7)cc6)cc5)c(-c5ccccc5)nc34)cc2)cc1. The summed E-state index contributed by atoms with van der Waals surface area (Å²) in [5, 5.41) is 8.59. The Labute approximate surface area is 365 Å². The van der Waals surface area contributed by atoms with Crippen molar-refractivity contribution in [2.75, 3.05) is 0 Å². The van der Waals surface area contributed by atoms with Gasteiger partial charge in [0.2, 0.25) is 11.8 Å². The number of nitrogens with zero attached hydrogens (tertiary/aromatic N) is 4. The van der Waals surface area contributed by atoms with Crippen LogP contribution >= 0.6 is 0 Å². The summed E-state index contributed by atoms with van der Waals surface area (Å²) in [4.78, 5) is 11.2. The molecule has 0 bridgehead atoms. The summed E-state index contributed by atoms with van der Waals surface area (Å²) in [6, 6.07) is 79.9. The number of hydrogen-bond acceptors (Lipinski definition) is 5. The van der Waals surface area contributed by atoms with Crippen LogP contribution in [0.5, 0.6) is 0 Å². The van der Waals surface area contributed by atoms with Crippen molar-refractivity contribution < 1.29 is 4.42 Å². The number of aromatic nitrogens is 4. The Bertz CT molecular complexity index is 3310. The van der Waals surface area contributed by atoms with Gasteiger partial charge in [-0.2, -0.15) is 0 Å². The standard InChI is InChI=1S/C58H38N4O/c1-5-13-39(14-6-1)41-21-29-45(30-22-41)51-37-38-52(46-31-23-42(24-32-46)40-15-7-2-8-16-40)56-55(51)59-53(47-17-9-3-10-18-47)54(60-56)48-33-25-43(26-34-48)44-27-35-50(36-28-44)58-62-61-57(63-58)49-19-11-4-12-20-49/h1-38H. The summed E-state index contributed by atoms with van der Waals surface area (Å²) in [5.74, 6) is 0.983. The van der Waals surface area contributed by atoms with Crippen molar-refractivity contribution in [3.8, 4) is 101 Å². The lowest BCUT2D eigenvalue weighted by molar-refractivity contribution is 0.584. The summed E-state index contributed by atoms with van der Waals surface area (Å²) < 4.78 is 6.02. The molecule has 0 spiro atoms. The molecule has 0 aliphatic rings. The molecule has 11 aromatic rings. The number of fused-ring (bicyclic) bond motifs is 1. The van der Waals surface area contributed by atoms with Gasteiger partial charge in [-0.05, 0) is 68.8 Å². The van der Waals surface area contributed by atoms with Gasteiger partial charge in [0, 0.05) is 33.4 Å². The monoisotopic (exact) mass is 806 g/mol. The van der Waals surface area contributed by atoms with Crippen molar-refractivity contribution in [2.45, 2.75) is 0 Å². The molecule has 11 rings (SSSR count). The average molecular weight is 807 g/mol. The molecule has 2 aromatic heterocycles. The zero-order valence-electron chi connectivity index (χ0n) is 34.1. The Hall–Kier alpha value is -8.54. The van der Waals surface area contributed by atoms with Gasteiger partial charge in [-0.15, -0.1) is 10.2 Å². The van der Waals surface area contributed by atoms with Crippen molar-refractivity contribution in [3.05, 3.63) is 231 Å². The Balaban J connectivity index is 1.01. The molecule has 9 aromatic carbocycles. The van der Waals surface area contributed by atoms with E-state index in [1.165, 1.54) is 22.3 Å². The zero-order chi connectivity index (χ0) is 42.0. The van der Waals surface area contributed by atoms with Gasteiger partial charge in [-0.3, -0.25) is 0 Å². The molecule has 63 heavy (non-hydrogen) atoms. The molecule has 0 aliphatic carbocycles. The van der Waals surface area contributed by atoms with Gasteiger partial charge in [0.25, 0.3) is 0 Å². The molecule has 2 heterocycles. The molecule has 0 N–H and O–H groups in total. The summed E-state index contributed by atoms with van der Waals surface area (Å²) >= 11 is 0. The van der Waals surface area contributed by atoms with Crippen LogP contribution in [-0.2, 0) is 0 Å². The molecule has 0 amide bonds. The third-order valence-electron chi connectivity index (χ3n) is 11.5. The lowest BCUT2D eigenvalue weighted by Gasteiger charge is -2.16. The molecule has 0 fully saturated rings. The van der Waals surface area contributed by atoms with Crippen molar-refractivity contribution in [3.63, 3.8) is 0 Å². The molecular formula is C58H38N4O. The second-order valence-electron chi connectivity index (χ2n) is 15.5. The van der Waals surface area contributed by atoms with E-state index in [1.807, 2.05) is 60.7 Å². The highest BCUT2D eigenvalue weighted by molar-refractivity contribution is 6.03. The van der Waals surface area contributed by atoms with Gasteiger partial charge >= 0.3 is 0 Å². The Morgan fingerprint density at radius 3 is 0.857 bits per heavy atom. The van der Waals surface area contributed by atoms with E-state index in [1.54, 1.807) is 0 Å². The fraction of sp³-hybridized carbons (Fsp3) is 0. The molecule has 0 aliphatic heterocycles. The topological polar surface area (TPSA) is 64.7 Å². The highest BCUT2D eigenvalue weighted by Gasteiger charge is 2.20. The first-order valence-electron chi connectivity index (χ1n) is 21.0. The average Bonchev–Trinajstić information content (AvgIpc) is 3.88. The van der Waals surface area contributed by atoms with Gasteiger partial charge in [0.15, 0.2) is 0 Å². The minimum Gasteiger partial charge on any atom is -0.416 e. The van der Waals surface area contributed by atoms with Crippen molar-refractivity contribution in [1.82, 2.24) is 20.2 Å². The smallest absolute Gasteiger partial charge is 0.248 e. The van der Waals surface area contributed by atoms with Crippen molar-refractivity contribution in [2.24, 2.45) is 0 Å². The summed E-state index contributed by atoms with van der Waals surface area (Å²) in [5.41, 5.74) is 18.1. The van der Waals surface area contributed by atoms with Crippen LogP contribution in [0.4, 0.5) is 0 Å². The van der Waals surface area contributed by atoms with E-state index in [0.29, 0.717) is 11.8 Å². The van der Waals surface area contributed by atoms with Gasteiger partial charge in [0.1, 0.15) is 0 Å². The summed E-state index contributed by atoms with van der Waals surface area (Å²) in [7, 11) is 0. The Morgan fingerprint density at radius 2 is 0.476 bits per heavy atom. The van der Waals surface area contributed by atoms with Gasteiger partial charge in [0.05, 0.1) is 22.4 Å². The maximum atomic E-state index is 6.02. The number of rotatable bonds is 9. The van der Waals surface area contributed by atoms with Crippen LogP contribution in [0.1, 0.15) is 0 Å². The van der Waals surface area contributed by atoms with Crippen LogP contribution in [0.2, 0.25) is 0 Å². The van der Waals surface area contributed by atoms with Crippen LogP contribution in [0.15, 0.2) is 235 Å². The molecule has 0 unspecified atom stereocenters. The number of hydrogen-bond donors (Lipinski definition) is 0. The predicted molar refractivity (Wildman–Crippen MR) is 256 cm³/mol. The summed E-state index contributed by atoms with van der Waals surface area (Å²) in [6.45, 7) is 0. The largest absolute Gasteiger partial charge is 0.416 e. The fourth-order valence-electron chi connectivity index (χ4n) is 8.21. The van der Waals surface area contributed by atoms with Gasteiger partial charge in [-0.25, -0.2) is 9.97 Å². The molecule has 0 saturated heterocycles. The van der Waals surface area contributed by atoms with Crippen LogP contribution in [0.3, 0.4) is 0 Å². The summed E-state index contributed by atoms with van der Waals surface area (Å²) in [6.07, 6.45) is 0. The fourth-order valence-corrected chi connectivity index (χ4v) is 8.21. The highest BCUT2D eigenvalue weighted by atomic mass is 16.4. The van der Waals surface area contributed by atoms with Crippen molar-refractivity contribution in [1.29, 1.82) is 0 Å². The van der Waals surface area contributed by atoms with E-state index >= 15 is 0 Å².